The number of rotatable bonds is 5. The minimum absolute atomic E-state index is 0.0182. The van der Waals surface area contributed by atoms with Crippen molar-refractivity contribution in [3.05, 3.63) is 129 Å². The third-order valence-electron chi connectivity index (χ3n) is 7.28. The van der Waals surface area contributed by atoms with Crippen LogP contribution in [0.4, 0.5) is 11.4 Å². The van der Waals surface area contributed by atoms with Crippen molar-refractivity contribution >= 4 is 64.2 Å². The number of carbonyl (C=O) groups is 2. The Morgan fingerprint density at radius 1 is 0.805 bits per heavy atom. The number of anilines is 2. The molecule has 5 nitrogen and oxygen atoms in total. The standard InChI is InChI=1S/C33H27Cl2N3O2S/c34-26-12-14-28(15-13-26)36-16-18-37(19-17-36)32(39)25-10-8-23(9-11-25)21-31-33(40)38(22-24-4-3-5-27(35)20-24)29-6-1-2-7-30(29)41-31/h1-15,20-21H,16-19,22H2/b31-21+. The average Bonchev–Trinajstić information content (AvgIpc) is 3.00. The highest BCUT2D eigenvalue weighted by atomic mass is 35.5. The average molecular weight is 601 g/mol. The van der Waals surface area contributed by atoms with Crippen LogP contribution < -0.4 is 9.80 Å². The molecule has 0 spiro atoms. The Kier molecular flexibility index (Phi) is 8.06. The summed E-state index contributed by atoms with van der Waals surface area (Å²) in [4.78, 5) is 34.5. The van der Waals surface area contributed by atoms with E-state index in [2.05, 4.69) is 4.90 Å². The minimum atomic E-state index is -0.0626. The fourth-order valence-corrected chi connectivity index (χ4v) is 6.51. The van der Waals surface area contributed by atoms with Crippen molar-refractivity contribution in [3.63, 3.8) is 0 Å². The predicted octanol–water partition coefficient (Wildman–Crippen LogP) is 7.64. The molecule has 0 atom stereocenters. The molecule has 1 fully saturated rings. The zero-order chi connectivity index (χ0) is 28.3. The van der Waals surface area contributed by atoms with Crippen molar-refractivity contribution in [1.82, 2.24) is 4.90 Å². The van der Waals surface area contributed by atoms with E-state index in [-0.39, 0.29) is 11.8 Å². The largest absolute Gasteiger partial charge is 0.368 e. The van der Waals surface area contributed by atoms with E-state index in [1.165, 1.54) is 11.8 Å². The van der Waals surface area contributed by atoms with Gasteiger partial charge in [0.2, 0.25) is 0 Å². The van der Waals surface area contributed by atoms with E-state index in [9.17, 15) is 9.59 Å². The molecule has 4 aromatic carbocycles. The molecule has 0 N–H and O–H groups in total. The van der Waals surface area contributed by atoms with Gasteiger partial charge < -0.3 is 14.7 Å². The molecule has 0 bridgehead atoms. The number of halogens is 2. The van der Waals surface area contributed by atoms with Gasteiger partial charge >= 0.3 is 0 Å². The zero-order valence-electron chi connectivity index (χ0n) is 22.2. The Hall–Kier alpha value is -3.71. The molecule has 2 heterocycles. The normalized spacial score (nSPS) is 16.2. The predicted molar refractivity (Wildman–Crippen MR) is 169 cm³/mol. The van der Waals surface area contributed by atoms with Crippen LogP contribution in [0, 0.1) is 0 Å². The molecule has 6 rings (SSSR count). The Morgan fingerprint density at radius 3 is 2.27 bits per heavy atom. The SMILES string of the molecule is O=C(c1ccc(/C=C2/Sc3ccccc3N(Cc3cccc(Cl)c3)C2=O)cc1)N1CCN(c2ccc(Cl)cc2)CC1. The molecule has 2 aliphatic rings. The van der Waals surface area contributed by atoms with E-state index in [0.29, 0.717) is 40.1 Å². The molecule has 1 saturated heterocycles. The van der Waals surface area contributed by atoms with Crippen molar-refractivity contribution in [2.24, 2.45) is 0 Å². The maximum atomic E-state index is 13.6. The number of carbonyl (C=O) groups excluding carboxylic acids is 2. The summed E-state index contributed by atoms with van der Waals surface area (Å²) in [5.41, 5.74) is 4.47. The fraction of sp³-hybridized carbons (Fsp3) is 0.152. The number of hydrogen-bond donors (Lipinski definition) is 0. The molecule has 2 aliphatic heterocycles. The fourth-order valence-electron chi connectivity index (χ4n) is 5.11. The van der Waals surface area contributed by atoms with E-state index in [1.54, 1.807) is 4.90 Å². The number of hydrogen-bond acceptors (Lipinski definition) is 4. The van der Waals surface area contributed by atoms with E-state index >= 15 is 0 Å². The van der Waals surface area contributed by atoms with E-state index < -0.39 is 0 Å². The second kappa shape index (κ2) is 12.0. The van der Waals surface area contributed by atoms with Crippen LogP contribution in [0.5, 0.6) is 0 Å². The summed E-state index contributed by atoms with van der Waals surface area (Å²) in [6.07, 6.45) is 1.90. The molecule has 0 unspecified atom stereocenters. The highest BCUT2D eigenvalue weighted by molar-refractivity contribution is 8.04. The van der Waals surface area contributed by atoms with Crippen molar-refractivity contribution in [3.8, 4) is 0 Å². The Bertz CT molecular complexity index is 1610. The third kappa shape index (κ3) is 6.15. The maximum absolute atomic E-state index is 13.6. The number of thioether (sulfide) groups is 1. The number of para-hydroxylation sites is 1. The summed E-state index contributed by atoms with van der Waals surface area (Å²) in [6, 6.07) is 30.8. The number of fused-ring (bicyclic) bond motifs is 1. The van der Waals surface area contributed by atoms with Gasteiger partial charge in [-0.3, -0.25) is 9.59 Å². The van der Waals surface area contributed by atoms with E-state index in [4.69, 9.17) is 23.2 Å². The van der Waals surface area contributed by atoms with Gasteiger partial charge in [0.25, 0.3) is 11.8 Å². The highest BCUT2D eigenvalue weighted by Gasteiger charge is 2.29. The molecule has 2 amide bonds. The quantitative estimate of drug-likeness (QED) is 0.221. The minimum Gasteiger partial charge on any atom is -0.368 e. The van der Waals surface area contributed by atoms with Gasteiger partial charge in [-0.2, -0.15) is 0 Å². The molecule has 0 radical (unpaired) electrons. The summed E-state index contributed by atoms with van der Waals surface area (Å²) in [7, 11) is 0. The number of benzene rings is 4. The lowest BCUT2D eigenvalue weighted by Crippen LogP contribution is -2.48. The van der Waals surface area contributed by atoms with Crippen molar-refractivity contribution < 1.29 is 9.59 Å². The summed E-state index contributed by atoms with van der Waals surface area (Å²) in [5, 5.41) is 1.36. The Labute approximate surface area is 254 Å². The highest BCUT2D eigenvalue weighted by Crippen LogP contribution is 2.42. The van der Waals surface area contributed by atoms with Gasteiger partial charge in [0, 0.05) is 52.4 Å². The van der Waals surface area contributed by atoms with Crippen LogP contribution in [0.3, 0.4) is 0 Å². The first kappa shape index (κ1) is 27.5. The summed E-state index contributed by atoms with van der Waals surface area (Å²) < 4.78 is 0. The first-order valence-corrected chi connectivity index (χ1v) is 15.0. The van der Waals surface area contributed by atoms with Gasteiger partial charge in [0.05, 0.1) is 17.1 Å². The third-order valence-corrected chi connectivity index (χ3v) is 8.84. The van der Waals surface area contributed by atoms with Crippen LogP contribution in [0.2, 0.25) is 10.0 Å². The van der Waals surface area contributed by atoms with Crippen molar-refractivity contribution in [2.75, 3.05) is 36.0 Å². The van der Waals surface area contributed by atoms with Crippen LogP contribution in [-0.2, 0) is 11.3 Å². The Balaban J connectivity index is 1.15. The van der Waals surface area contributed by atoms with Crippen LogP contribution in [-0.4, -0.2) is 42.9 Å². The van der Waals surface area contributed by atoms with Crippen LogP contribution in [0.25, 0.3) is 6.08 Å². The molecule has 4 aromatic rings. The molecule has 0 aliphatic carbocycles. The first-order chi connectivity index (χ1) is 19.9. The summed E-state index contributed by atoms with van der Waals surface area (Å²) in [6.45, 7) is 3.27. The van der Waals surface area contributed by atoms with Gasteiger partial charge in [-0.25, -0.2) is 0 Å². The van der Waals surface area contributed by atoms with Crippen LogP contribution >= 0.6 is 35.0 Å². The Morgan fingerprint density at radius 2 is 1.54 bits per heavy atom. The monoisotopic (exact) mass is 599 g/mol. The lowest BCUT2D eigenvalue weighted by Gasteiger charge is -2.36. The topological polar surface area (TPSA) is 43.9 Å². The maximum Gasteiger partial charge on any atom is 0.265 e. The summed E-state index contributed by atoms with van der Waals surface area (Å²) >= 11 is 13.7. The lowest BCUT2D eigenvalue weighted by atomic mass is 10.1. The van der Waals surface area contributed by atoms with Crippen LogP contribution in [0.1, 0.15) is 21.5 Å². The molecular formula is C33H27Cl2N3O2S. The lowest BCUT2D eigenvalue weighted by molar-refractivity contribution is -0.114. The van der Waals surface area contributed by atoms with Gasteiger partial charge in [-0.05, 0) is 77.9 Å². The molecule has 206 valence electrons. The molecule has 0 aromatic heterocycles. The number of amides is 2. The van der Waals surface area contributed by atoms with Gasteiger partial charge in [-0.1, -0.05) is 71.4 Å². The van der Waals surface area contributed by atoms with Crippen molar-refractivity contribution in [2.45, 2.75) is 11.4 Å². The number of nitrogens with zero attached hydrogens (tertiary/aromatic N) is 3. The van der Waals surface area contributed by atoms with Crippen LogP contribution in [0.15, 0.2) is 107 Å². The van der Waals surface area contributed by atoms with Gasteiger partial charge in [-0.15, -0.1) is 0 Å². The second-order valence-electron chi connectivity index (χ2n) is 9.98. The summed E-state index contributed by atoms with van der Waals surface area (Å²) in [5.74, 6) is -0.0444. The molecule has 41 heavy (non-hydrogen) atoms. The van der Waals surface area contributed by atoms with E-state index in [0.717, 1.165) is 40.5 Å². The molecular weight excluding hydrogens is 573 g/mol. The smallest absolute Gasteiger partial charge is 0.265 e. The van der Waals surface area contributed by atoms with Crippen molar-refractivity contribution in [1.29, 1.82) is 0 Å². The van der Waals surface area contributed by atoms with Gasteiger partial charge in [0.1, 0.15) is 0 Å². The van der Waals surface area contributed by atoms with Gasteiger partial charge in [0.15, 0.2) is 0 Å². The van der Waals surface area contributed by atoms with E-state index in [1.807, 2.05) is 108 Å². The molecule has 8 heteroatoms. The molecule has 0 saturated carbocycles. The second-order valence-corrected chi connectivity index (χ2v) is 11.9. The zero-order valence-corrected chi connectivity index (χ0v) is 24.5. The first-order valence-electron chi connectivity index (χ1n) is 13.4. The number of piperazine rings is 1.